The minimum atomic E-state index is -4.06. The second-order valence-corrected chi connectivity index (χ2v) is 5.80. The van der Waals surface area contributed by atoms with Gasteiger partial charge in [0.05, 0.1) is 13.0 Å². The van der Waals surface area contributed by atoms with E-state index in [0.717, 1.165) is 0 Å². The van der Waals surface area contributed by atoms with Crippen molar-refractivity contribution in [3.63, 3.8) is 0 Å². The van der Waals surface area contributed by atoms with Crippen molar-refractivity contribution in [1.29, 1.82) is 0 Å². The molecule has 0 saturated heterocycles. The van der Waals surface area contributed by atoms with Crippen LogP contribution in [0.4, 0.5) is 0 Å². The van der Waals surface area contributed by atoms with Crippen molar-refractivity contribution >= 4 is 37.1 Å². The highest BCUT2D eigenvalue weighted by atomic mass is 16.4. The van der Waals surface area contributed by atoms with Crippen LogP contribution >= 0.6 is 0 Å². The minimum Gasteiger partial charge on any atom is -0.393 e. The van der Waals surface area contributed by atoms with Gasteiger partial charge >= 0.3 is 0 Å². The van der Waals surface area contributed by atoms with Crippen LogP contribution in [0.5, 0.6) is 0 Å². The lowest BCUT2D eigenvalue weighted by Crippen LogP contribution is -2.78. The number of carbonyl (C=O) groups is 6. The first-order chi connectivity index (χ1) is 14.3. The Labute approximate surface area is 160 Å². The van der Waals surface area contributed by atoms with Crippen molar-refractivity contribution in [2.75, 3.05) is 6.61 Å². The van der Waals surface area contributed by atoms with Crippen LogP contribution in [0.15, 0.2) is 0 Å². The summed E-state index contributed by atoms with van der Waals surface area (Å²) in [6.07, 6.45) is -17.9. The third kappa shape index (κ3) is 4.06. The number of hydrogen-bond donors (Lipinski definition) is 5. The zero-order chi connectivity index (χ0) is 25.7. The summed E-state index contributed by atoms with van der Waals surface area (Å²) in [6.45, 7) is -1.79. The van der Waals surface area contributed by atoms with Gasteiger partial charge in [0.2, 0.25) is 0 Å². The molecule has 0 rings (SSSR count). The van der Waals surface area contributed by atoms with Crippen molar-refractivity contribution < 1.29 is 61.2 Å². The number of aliphatic hydroxyl groups is 5. The second kappa shape index (κ2) is 9.67. The van der Waals surface area contributed by atoms with Gasteiger partial charge in [-0.3, -0.25) is 4.79 Å². The Balaban J connectivity index is 7.49. The monoisotopic (exact) mass is 395 g/mol. The Morgan fingerprint density at radius 2 is 1.19 bits per heavy atom. The molecule has 0 heterocycles. The summed E-state index contributed by atoms with van der Waals surface area (Å²) < 4.78 is 35.0. The molecule has 27 heavy (non-hydrogen) atoms. The molecule has 0 bridgehead atoms. The first kappa shape index (κ1) is 17.0. The molecule has 0 fully saturated rings. The van der Waals surface area contributed by atoms with E-state index in [1.165, 1.54) is 0 Å². The maximum atomic E-state index is 12.6. The zero-order valence-electron chi connectivity index (χ0n) is 18.9. The molecule has 0 amide bonds. The molecule has 0 aromatic carbocycles. The topological polar surface area (TPSA) is 204 Å². The molecule has 11 heteroatoms. The smallest absolute Gasteiger partial charge is 0.174 e. The van der Waals surface area contributed by atoms with Crippen LogP contribution in [0.2, 0.25) is 0 Å². The van der Waals surface area contributed by atoms with E-state index in [4.69, 9.17) is 6.85 Å². The van der Waals surface area contributed by atoms with Gasteiger partial charge in [0.15, 0.2) is 11.4 Å². The quantitative estimate of drug-likeness (QED) is 0.135. The summed E-state index contributed by atoms with van der Waals surface area (Å²) in [6, 6.07) is 0. The highest BCUT2D eigenvalue weighted by molar-refractivity contribution is 5.98. The number of carbonyl (C=O) groups excluding carboxylic acids is 6. The van der Waals surface area contributed by atoms with Gasteiger partial charge in [-0.15, -0.1) is 0 Å². The fourth-order valence-corrected chi connectivity index (χ4v) is 2.78. The van der Waals surface area contributed by atoms with Gasteiger partial charge in [0.25, 0.3) is 0 Å². The molecular formula is C16H22O11. The predicted octanol–water partition coefficient (Wildman–Crippen LogP) is -3.58. The van der Waals surface area contributed by atoms with Crippen LogP contribution in [0, 0.1) is 0 Å². The molecule has 0 unspecified atom stereocenters. The van der Waals surface area contributed by atoms with E-state index in [1.807, 2.05) is 0 Å². The summed E-state index contributed by atoms with van der Waals surface area (Å²) in [5.41, 5.74) is -15.5. The van der Waals surface area contributed by atoms with E-state index >= 15 is 0 Å². The van der Waals surface area contributed by atoms with Crippen molar-refractivity contribution in [3.8, 4) is 0 Å². The molecule has 0 aliphatic rings. The lowest BCUT2D eigenvalue weighted by Gasteiger charge is -2.55. The summed E-state index contributed by atoms with van der Waals surface area (Å²) in [5.74, 6) is -1.96. The Morgan fingerprint density at radius 3 is 1.56 bits per heavy atom. The normalized spacial score (nSPS) is 22.6. The van der Waals surface area contributed by atoms with E-state index in [0.29, 0.717) is 0 Å². The van der Waals surface area contributed by atoms with Gasteiger partial charge in [-0.25, -0.2) is 0 Å². The van der Waals surface area contributed by atoms with E-state index in [2.05, 4.69) is 0 Å². The summed E-state index contributed by atoms with van der Waals surface area (Å²) >= 11 is 0. The van der Waals surface area contributed by atoms with Gasteiger partial charge in [-0.05, 0) is 0 Å². The largest absolute Gasteiger partial charge is 0.393 e. The Hall–Kier alpha value is -2.18. The van der Waals surface area contributed by atoms with E-state index < -0.39 is 98.2 Å². The molecule has 0 saturated carbocycles. The van der Waals surface area contributed by atoms with E-state index in [-0.39, 0.29) is 0 Å². The average molecular weight is 395 g/mol. The molecule has 0 aliphatic heterocycles. The molecule has 11 nitrogen and oxygen atoms in total. The third-order valence-corrected chi connectivity index (χ3v) is 4.44. The van der Waals surface area contributed by atoms with Crippen LogP contribution in [-0.2, 0) is 28.8 Å². The van der Waals surface area contributed by atoms with Gasteiger partial charge in [-0.1, -0.05) is 0 Å². The van der Waals surface area contributed by atoms with Crippen LogP contribution in [0.1, 0.15) is 39.0 Å². The van der Waals surface area contributed by atoms with E-state index in [1.54, 1.807) is 0 Å². The maximum absolute atomic E-state index is 12.6. The van der Waals surface area contributed by atoms with Gasteiger partial charge < -0.3 is 49.5 Å². The molecule has 0 aromatic heterocycles. The molecule has 0 spiro atoms. The molecule has 0 radical (unpaired) electrons. The number of rotatable bonds is 15. The van der Waals surface area contributed by atoms with Gasteiger partial charge in [-0.2, -0.15) is 0 Å². The Kier molecular flexibility index (Phi) is 6.07. The molecule has 152 valence electrons. The fourth-order valence-electron chi connectivity index (χ4n) is 2.78. The minimum absolute atomic E-state index is 1.59. The van der Waals surface area contributed by atoms with Crippen LogP contribution < -0.4 is 0 Å². The summed E-state index contributed by atoms with van der Waals surface area (Å²) in [4.78, 5) is 69.4. The Bertz CT molecular complexity index is 820. The summed E-state index contributed by atoms with van der Waals surface area (Å²) in [7, 11) is 0. The first-order valence-corrected chi connectivity index (χ1v) is 7.32. The highest BCUT2D eigenvalue weighted by Crippen LogP contribution is 2.46. The van der Waals surface area contributed by atoms with Crippen molar-refractivity contribution in [2.45, 2.75) is 54.5 Å². The predicted molar refractivity (Wildman–Crippen MR) is 85.3 cm³/mol. The first-order valence-electron chi connectivity index (χ1n) is 9.82. The van der Waals surface area contributed by atoms with Crippen molar-refractivity contribution in [3.05, 3.63) is 0 Å². The second-order valence-electron chi connectivity index (χ2n) is 5.80. The SMILES string of the molecule is [2H]C(=O)CC(=O)[C@@](O)(CC([2H])=O)[C@](O)(CC([2H])=O)[C@@](O)(CC([2H])=O)[C@](O)(CO)CC([2H])=O. The standard InChI is InChI=1S/C16H22O11/c17-6-1-12(23)14(25,3-8-19)16(27,5-10-21)15(26,4-9-20)13(24,11-22)2-7-18/h6-10,22,24-27H,1-5,11H2/t13-,14+,15-,16-/m1/s1/i6D,7D,8D,9D,10D. The highest BCUT2D eigenvalue weighted by Gasteiger charge is 2.70. The Morgan fingerprint density at radius 1 is 0.741 bits per heavy atom. The van der Waals surface area contributed by atoms with Crippen LogP contribution in [-0.4, -0.2) is 91.6 Å². The zero-order valence-corrected chi connectivity index (χ0v) is 13.9. The van der Waals surface area contributed by atoms with Gasteiger partial charge in [0, 0.05) is 25.7 Å². The van der Waals surface area contributed by atoms with Crippen LogP contribution in [0.3, 0.4) is 0 Å². The summed E-state index contributed by atoms with van der Waals surface area (Å²) in [5, 5.41) is 53.6. The molecule has 0 aliphatic carbocycles. The van der Waals surface area contributed by atoms with Gasteiger partial charge in [0.1, 0.15) is 55.0 Å². The number of aliphatic hydroxyl groups excluding tert-OH is 1. The molecule has 5 N–H and O–H groups in total. The lowest BCUT2D eigenvalue weighted by molar-refractivity contribution is -0.297. The fraction of sp³-hybridized carbons (Fsp3) is 0.625. The molecule has 4 atom stereocenters. The number of aldehydes is 5. The number of hydrogen-bond acceptors (Lipinski definition) is 11. The van der Waals surface area contributed by atoms with Crippen molar-refractivity contribution in [1.82, 2.24) is 0 Å². The number of Topliss-reactive ketones (excluding diaryl/α,β-unsaturated/α-hetero) is 1. The average Bonchev–Trinajstić information content (AvgIpc) is 2.57. The maximum Gasteiger partial charge on any atom is 0.174 e. The van der Waals surface area contributed by atoms with Crippen LogP contribution in [0.25, 0.3) is 0 Å². The third-order valence-electron chi connectivity index (χ3n) is 4.44. The lowest BCUT2D eigenvalue weighted by atomic mass is 9.58. The molecule has 0 aromatic rings. The number of ketones is 1. The van der Waals surface area contributed by atoms with E-state index in [9.17, 15) is 54.3 Å². The molecular weight excluding hydrogens is 368 g/mol. The van der Waals surface area contributed by atoms with Crippen molar-refractivity contribution in [2.24, 2.45) is 0 Å².